The maximum absolute atomic E-state index is 12.8. The number of aryl methyl sites for hydroxylation is 1. The number of alkyl halides is 3. The first-order valence-corrected chi connectivity index (χ1v) is 13.0. The van der Waals surface area contributed by atoms with Crippen LogP contribution in [0, 0.1) is 12.3 Å². The first-order valence-electron chi connectivity index (χ1n) is 11.1. The summed E-state index contributed by atoms with van der Waals surface area (Å²) in [5.41, 5.74) is 3.55. The van der Waals surface area contributed by atoms with E-state index in [2.05, 4.69) is 20.1 Å². The lowest BCUT2D eigenvalue weighted by Crippen LogP contribution is -2.23. The van der Waals surface area contributed by atoms with Crippen LogP contribution in [0.5, 0.6) is 0 Å². The Bertz CT molecular complexity index is 1130. The van der Waals surface area contributed by atoms with E-state index in [0.29, 0.717) is 5.92 Å². The molecule has 1 aromatic carbocycles. The Morgan fingerprint density at radius 3 is 2.65 bits per heavy atom. The average Bonchev–Trinajstić information content (AvgIpc) is 3.05. The largest absolute Gasteiger partial charge is 0.416 e. The molecular formula is C23H27ClF3N5S2. The van der Waals surface area contributed by atoms with Crippen LogP contribution in [0.1, 0.15) is 42.0 Å². The molecule has 3 aromatic rings. The first kappa shape index (κ1) is 25.5. The van der Waals surface area contributed by atoms with Gasteiger partial charge in [-0.05, 0) is 68.3 Å². The summed E-state index contributed by atoms with van der Waals surface area (Å²) < 4.78 is 40.5. The number of benzene rings is 1. The van der Waals surface area contributed by atoms with E-state index in [1.807, 2.05) is 24.0 Å². The van der Waals surface area contributed by atoms with Crippen LogP contribution in [0.25, 0.3) is 10.7 Å². The molecule has 2 aromatic heterocycles. The van der Waals surface area contributed by atoms with Gasteiger partial charge < -0.3 is 9.47 Å². The SMILES string of the molecule is Cc1ncsc1-c1nnc(SCCCN2CCC3(CC3c3ccc(C(F)(F)F)cc3)C2)n1C.Cl. The molecule has 2 unspecified atom stereocenters. The van der Waals surface area contributed by atoms with Crippen molar-refractivity contribution >= 4 is 35.5 Å². The third kappa shape index (κ3) is 5.01. The summed E-state index contributed by atoms with van der Waals surface area (Å²) in [5, 5.41) is 9.62. The van der Waals surface area contributed by atoms with Gasteiger partial charge in [0.2, 0.25) is 0 Å². The summed E-state index contributed by atoms with van der Waals surface area (Å²) in [6.07, 6.45) is -0.989. The lowest BCUT2D eigenvalue weighted by atomic mass is 9.97. The maximum Gasteiger partial charge on any atom is 0.416 e. The Hall–Kier alpha value is -1.62. The van der Waals surface area contributed by atoms with Gasteiger partial charge in [0, 0.05) is 19.3 Å². The fourth-order valence-corrected chi connectivity index (χ4v) is 6.61. The third-order valence-electron chi connectivity index (χ3n) is 6.93. The van der Waals surface area contributed by atoms with Gasteiger partial charge in [0.25, 0.3) is 0 Å². The standard InChI is InChI=1S/C23H26F3N5S2.ClH/c1-15-19(33-14-27-15)20-28-29-21(30(20)2)32-11-3-9-31-10-8-22(13-31)12-18(22)16-4-6-17(7-5-16)23(24,25)26;/h4-7,14,18H,3,8-13H2,1-2H3;1H. The van der Waals surface area contributed by atoms with E-state index in [-0.39, 0.29) is 17.8 Å². The van der Waals surface area contributed by atoms with Crippen LogP contribution in [0.3, 0.4) is 0 Å². The predicted octanol–water partition coefficient (Wildman–Crippen LogP) is 6.05. The Balaban J connectivity index is 0.00000274. The van der Waals surface area contributed by atoms with Gasteiger partial charge in [-0.2, -0.15) is 13.2 Å². The van der Waals surface area contributed by atoms with Crippen molar-refractivity contribution in [3.8, 4) is 10.7 Å². The molecule has 11 heteroatoms. The van der Waals surface area contributed by atoms with Crippen molar-refractivity contribution in [3.63, 3.8) is 0 Å². The fourth-order valence-electron chi connectivity index (χ4n) is 4.96. The van der Waals surface area contributed by atoms with Crippen molar-refractivity contribution in [1.82, 2.24) is 24.6 Å². The Morgan fingerprint density at radius 1 is 1.21 bits per heavy atom. The number of rotatable bonds is 7. The van der Waals surface area contributed by atoms with Crippen molar-refractivity contribution in [2.45, 2.75) is 43.4 Å². The summed E-state index contributed by atoms with van der Waals surface area (Å²) in [7, 11) is 2.00. The minimum absolute atomic E-state index is 0. The van der Waals surface area contributed by atoms with Crippen molar-refractivity contribution in [3.05, 3.63) is 46.6 Å². The van der Waals surface area contributed by atoms with E-state index in [1.165, 1.54) is 12.1 Å². The molecular weight excluding hydrogens is 503 g/mol. The van der Waals surface area contributed by atoms with Gasteiger partial charge in [0.1, 0.15) is 0 Å². The molecule has 1 aliphatic carbocycles. The van der Waals surface area contributed by atoms with Gasteiger partial charge in [-0.25, -0.2) is 4.98 Å². The van der Waals surface area contributed by atoms with Gasteiger partial charge in [0.05, 0.1) is 21.6 Å². The number of halogens is 4. The highest BCUT2D eigenvalue weighted by Gasteiger charge is 2.57. The van der Waals surface area contributed by atoms with Crippen molar-refractivity contribution in [1.29, 1.82) is 0 Å². The lowest BCUT2D eigenvalue weighted by Gasteiger charge is -2.16. The smallest absolute Gasteiger partial charge is 0.304 e. The zero-order valence-corrected chi connectivity index (χ0v) is 21.5. The van der Waals surface area contributed by atoms with Gasteiger partial charge in [-0.15, -0.1) is 33.9 Å². The third-order valence-corrected chi connectivity index (χ3v) is 8.96. The lowest BCUT2D eigenvalue weighted by molar-refractivity contribution is -0.137. The molecule has 184 valence electrons. The molecule has 1 spiro atoms. The summed E-state index contributed by atoms with van der Waals surface area (Å²) in [5.74, 6) is 2.23. The normalized spacial score (nSPS) is 22.3. The molecule has 1 saturated heterocycles. The maximum atomic E-state index is 12.8. The minimum Gasteiger partial charge on any atom is -0.304 e. The summed E-state index contributed by atoms with van der Waals surface area (Å²) in [6, 6.07) is 5.79. The van der Waals surface area contributed by atoms with Crippen molar-refractivity contribution in [2.75, 3.05) is 25.4 Å². The molecule has 2 aliphatic rings. The van der Waals surface area contributed by atoms with Gasteiger partial charge in [-0.1, -0.05) is 23.9 Å². The zero-order chi connectivity index (χ0) is 23.2. The second-order valence-electron chi connectivity index (χ2n) is 9.10. The summed E-state index contributed by atoms with van der Waals surface area (Å²) in [4.78, 5) is 7.87. The second kappa shape index (κ2) is 9.79. The van der Waals surface area contributed by atoms with Crippen LogP contribution in [0.4, 0.5) is 13.2 Å². The molecule has 0 amide bonds. The van der Waals surface area contributed by atoms with Crippen LogP contribution in [0.2, 0.25) is 0 Å². The number of hydrogen-bond donors (Lipinski definition) is 0. The monoisotopic (exact) mass is 529 g/mol. The van der Waals surface area contributed by atoms with Crippen LogP contribution in [-0.4, -0.2) is 50.0 Å². The van der Waals surface area contributed by atoms with Crippen molar-refractivity contribution < 1.29 is 13.2 Å². The second-order valence-corrected chi connectivity index (χ2v) is 11.0. The van der Waals surface area contributed by atoms with Gasteiger partial charge in [0.15, 0.2) is 11.0 Å². The van der Waals surface area contributed by atoms with Crippen LogP contribution < -0.4 is 0 Å². The van der Waals surface area contributed by atoms with Crippen LogP contribution in [-0.2, 0) is 13.2 Å². The van der Waals surface area contributed by atoms with Crippen molar-refractivity contribution in [2.24, 2.45) is 12.5 Å². The topological polar surface area (TPSA) is 46.8 Å². The summed E-state index contributed by atoms with van der Waals surface area (Å²) >= 11 is 3.31. The number of thiazole rings is 1. The Kier molecular flexibility index (Phi) is 7.34. The van der Waals surface area contributed by atoms with Crippen LogP contribution >= 0.6 is 35.5 Å². The zero-order valence-electron chi connectivity index (χ0n) is 19.0. The Labute approximate surface area is 211 Å². The molecule has 5 nitrogen and oxygen atoms in total. The van der Waals surface area contributed by atoms with E-state index in [4.69, 9.17) is 0 Å². The van der Waals surface area contributed by atoms with E-state index >= 15 is 0 Å². The molecule has 34 heavy (non-hydrogen) atoms. The number of nitrogens with zero attached hydrogens (tertiary/aromatic N) is 5. The van der Waals surface area contributed by atoms with E-state index in [9.17, 15) is 13.2 Å². The van der Waals surface area contributed by atoms with Crippen LogP contribution in [0.15, 0.2) is 34.9 Å². The molecule has 0 bridgehead atoms. The number of thioether (sulfide) groups is 1. The molecule has 1 saturated carbocycles. The number of aromatic nitrogens is 4. The highest BCUT2D eigenvalue weighted by atomic mass is 35.5. The molecule has 2 atom stereocenters. The molecule has 2 fully saturated rings. The molecule has 0 N–H and O–H groups in total. The fraction of sp³-hybridized carbons (Fsp3) is 0.522. The number of likely N-dealkylation sites (tertiary alicyclic amines) is 1. The Morgan fingerprint density at radius 2 is 1.97 bits per heavy atom. The highest BCUT2D eigenvalue weighted by Crippen LogP contribution is 2.64. The molecule has 3 heterocycles. The highest BCUT2D eigenvalue weighted by molar-refractivity contribution is 7.99. The predicted molar refractivity (Wildman–Crippen MR) is 132 cm³/mol. The van der Waals surface area contributed by atoms with Gasteiger partial charge >= 0.3 is 6.18 Å². The van der Waals surface area contributed by atoms with E-state index in [0.717, 1.165) is 71.8 Å². The molecule has 1 aliphatic heterocycles. The number of hydrogen-bond acceptors (Lipinski definition) is 6. The van der Waals surface area contributed by atoms with E-state index in [1.54, 1.807) is 35.2 Å². The van der Waals surface area contributed by atoms with E-state index < -0.39 is 11.7 Å². The minimum atomic E-state index is -4.27. The molecule has 0 radical (unpaired) electrons. The quantitative estimate of drug-likeness (QED) is 0.275. The summed E-state index contributed by atoms with van der Waals surface area (Å²) in [6.45, 7) is 5.13. The van der Waals surface area contributed by atoms with Gasteiger partial charge in [-0.3, -0.25) is 0 Å². The molecule has 5 rings (SSSR count). The first-order chi connectivity index (χ1) is 15.8. The average molecular weight is 530 g/mol.